The molecule has 116 valence electrons. The van der Waals surface area contributed by atoms with E-state index in [0.29, 0.717) is 25.9 Å². The molecule has 1 atom stereocenters. The van der Waals surface area contributed by atoms with Crippen LogP contribution in [0.5, 0.6) is 0 Å². The monoisotopic (exact) mass is 285 g/mol. The standard InChI is InChI=1S/C14H27N3O3/c1-4-7-14(12(18)19)8-6-10-17(14)13(20)15-9-11-16(3)5-2/h4-11H2,1-3H3,(H,15,20)(H,18,19). The van der Waals surface area contributed by atoms with Crippen LogP contribution in [0.25, 0.3) is 0 Å². The zero-order valence-electron chi connectivity index (χ0n) is 12.8. The van der Waals surface area contributed by atoms with E-state index in [4.69, 9.17) is 0 Å². The van der Waals surface area contributed by atoms with Gasteiger partial charge in [0.05, 0.1) is 0 Å². The van der Waals surface area contributed by atoms with Gasteiger partial charge >= 0.3 is 12.0 Å². The maximum absolute atomic E-state index is 12.2. The number of nitrogens with zero attached hydrogens (tertiary/aromatic N) is 2. The van der Waals surface area contributed by atoms with Crippen LogP contribution in [0, 0.1) is 0 Å². The Morgan fingerprint density at radius 1 is 1.40 bits per heavy atom. The smallest absolute Gasteiger partial charge is 0.329 e. The fraction of sp³-hybridized carbons (Fsp3) is 0.857. The Hall–Kier alpha value is -1.30. The average molecular weight is 285 g/mol. The van der Waals surface area contributed by atoms with E-state index in [9.17, 15) is 14.7 Å². The average Bonchev–Trinajstić information content (AvgIpc) is 2.84. The van der Waals surface area contributed by atoms with Crippen LogP contribution in [0.3, 0.4) is 0 Å². The Morgan fingerprint density at radius 2 is 2.10 bits per heavy atom. The van der Waals surface area contributed by atoms with Gasteiger partial charge in [-0.1, -0.05) is 20.3 Å². The predicted molar refractivity (Wildman–Crippen MR) is 77.8 cm³/mol. The van der Waals surface area contributed by atoms with Gasteiger partial charge in [0.1, 0.15) is 5.54 Å². The van der Waals surface area contributed by atoms with Crippen molar-refractivity contribution >= 4 is 12.0 Å². The summed E-state index contributed by atoms with van der Waals surface area (Å²) in [5.41, 5.74) is -1.00. The number of likely N-dealkylation sites (tertiary alicyclic amines) is 1. The highest BCUT2D eigenvalue weighted by atomic mass is 16.4. The molecule has 2 N–H and O–H groups in total. The van der Waals surface area contributed by atoms with Gasteiger partial charge in [-0.3, -0.25) is 0 Å². The molecule has 1 rings (SSSR count). The van der Waals surface area contributed by atoms with Crippen LogP contribution in [-0.4, -0.2) is 65.7 Å². The summed E-state index contributed by atoms with van der Waals surface area (Å²) in [6.45, 7) is 6.77. The quantitative estimate of drug-likeness (QED) is 0.741. The molecule has 1 aliphatic heterocycles. The van der Waals surface area contributed by atoms with Gasteiger partial charge in [-0.25, -0.2) is 9.59 Å². The zero-order chi connectivity index (χ0) is 15.2. The highest BCUT2D eigenvalue weighted by Gasteiger charge is 2.49. The maximum atomic E-state index is 12.2. The molecule has 0 spiro atoms. The Balaban J connectivity index is 2.63. The minimum Gasteiger partial charge on any atom is -0.479 e. The third kappa shape index (κ3) is 3.62. The zero-order valence-corrected chi connectivity index (χ0v) is 12.8. The lowest BCUT2D eigenvalue weighted by Crippen LogP contribution is -2.56. The van der Waals surface area contributed by atoms with E-state index in [-0.39, 0.29) is 6.03 Å². The summed E-state index contributed by atoms with van der Waals surface area (Å²) in [5.74, 6) is -0.877. The number of carbonyl (C=O) groups excluding carboxylic acids is 1. The molecule has 1 heterocycles. The van der Waals surface area contributed by atoms with Crippen LogP contribution < -0.4 is 5.32 Å². The molecule has 1 unspecified atom stereocenters. The number of hydrogen-bond acceptors (Lipinski definition) is 3. The fourth-order valence-electron chi connectivity index (χ4n) is 2.78. The van der Waals surface area contributed by atoms with Crippen LogP contribution in [0.15, 0.2) is 0 Å². The molecule has 0 aliphatic carbocycles. The largest absolute Gasteiger partial charge is 0.479 e. The van der Waals surface area contributed by atoms with Crippen LogP contribution in [0.1, 0.15) is 39.5 Å². The third-order valence-corrected chi connectivity index (χ3v) is 4.11. The Kier molecular flexibility index (Phi) is 6.26. The number of carboxylic acid groups (broad SMARTS) is 1. The molecule has 0 bridgehead atoms. The number of carboxylic acids is 1. The normalized spacial score (nSPS) is 22.3. The van der Waals surface area contributed by atoms with Crippen LogP contribution in [0.4, 0.5) is 4.79 Å². The topological polar surface area (TPSA) is 72.9 Å². The molecule has 20 heavy (non-hydrogen) atoms. The molecule has 0 saturated carbocycles. The Labute approximate surface area is 121 Å². The van der Waals surface area contributed by atoms with Gasteiger partial charge in [-0.05, 0) is 32.9 Å². The maximum Gasteiger partial charge on any atom is 0.329 e. The van der Waals surface area contributed by atoms with Crippen molar-refractivity contribution in [3.05, 3.63) is 0 Å². The predicted octanol–water partition coefficient (Wildman–Crippen LogP) is 1.37. The van der Waals surface area contributed by atoms with Crippen LogP contribution in [0.2, 0.25) is 0 Å². The van der Waals surface area contributed by atoms with E-state index in [1.807, 2.05) is 14.0 Å². The van der Waals surface area contributed by atoms with Crippen molar-refractivity contribution in [1.29, 1.82) is 0 Å². The molecule has 6 heteroatoms. The first-order valence-electron chi connectivity index (χ1n) is 7.45. The van der Waals surface area contributed by atoms with Crippen molar-refractivity contribution in [2.24, 2.45) is 0 Å². The Morgan fingerprint density at radius 3 is 2.65 bits per heavy atom. The van der Waals surface area contributed by atoms with Gasteiger partial charge in [0.2, 0.25) is 0 Å². The van der Waals surface area contributed by atoms with Gasteiger partial charge < -0.3 is 20.2 Å². The molecule has 0 aromatic heterocycles. The lowest BCUT2D eigenvalue weighted by molar-refractivity contribution is -0.148. The molecule has 0 radical (unpaired) electrons. The van der Waals surface area contributed by atoms with Crippen molar-refractivity contribution in [2.75, 3.05) is 33.2 Å². The SMILES string of the molecule is CCCC1(C(=O)O)CCCN1C(=O)NCCN(C)CC. The van der Waals surface area contributed by atoms with Gasteiger partial charge in [0, 0.05) is 19.6 Å². The lowest BCUT2D eigenvalue weighted by atomic mass is 9.91. The number of amides is 2. The van der Waals surface area contributed by atoms with Crippen molar-refractivity contribution in [3.8, 4) is 0 Å². The first-order chi connectivity index (χ1) is 9.47. The van der Waals surface area contributed by atoms with E-state index in [1.54, 1.807) is 0 Å². The molecule has 6 nitrogen and oxygen atoms in total. The van der Waals surface area contributed by atoms with Crippen LogP contribution in [-0.2, 0) is 4.79 Å². The second-order valence-corrected chi connectivity index (χ2v) is 5.47. The number of aliphatic carboxylic acids is 1. The summed E-state index contributed by atoms with van der Waals surface area (Å²) in [6, 6.07) is -0.247. The molecule has 1 aliphatic rings. The van der Waals surface area contributed by atoms with Crippen molar-refractivity contribution in [3.63, 3.8) is 0 Å². The van der Waals surface area contributed by atoms with Gasteiger partial charge in [0.15, 0.2) is 0 Å². The number of urea groups is 1. The number of nitrogens with one attached hydrogen (secondary N) is 1. The third-order valence-electron chi connectivity index (χ3n) is 4.11. The minimum atomic E-state index is -1.00. The highest BCUT2D eigenvalue weighted by molar-refractivity contribution is 5.87. The van der Waals surface area contributed by atoms with Gasteiger partial charge in [-0.15, -0.1) is 0 Å². The van der Waals surface area contributed by atoms with E-state index >= 15 is 0 Å². The summed E-state index contributed by atoms with van der Waals surface area (Å²) < 4.78 is 0. The van der Waals surface area contributed by atoms with E-state index in [0.717, 1.165) is 25.9 Å². The lowest BCUT2D eigenvalue weighted by Gasteiger charge is -2.34. The number of carbonyl (C=O) groups is 2. The number of likely N-dealkylation sites (N-methyl/N-ethyl adjacent to an activating group) is 1. The number of hydrogen-bond donors (Lipinski definition) is 2. The second kappa shape index (κ2) is 7.47. The minimum absolute atomic E-state index is 0.247. The van der Waals surface area contributed by atoms with Gasteiger partial charge in [0.25, 0.3) is 0 Å². The summed E-state index contributed by atoms with van der Waals surface area (Å²) >= 11 is 0. The van der Waals surface area contributed by atoms with Crippen molar-refractivity contribution < 1.29 is 14.7 Å². The first-order valence-corrected chi connectivity index (χ1v) is 7.45. The molecule has 0 aromatic rings. The fourth-order valence-corrected chi connectivity index (χ4v) is 2.78. The molecular formula is C14H27N3O3. The summed E-state index contributed by atoms with van der Waals surface area (Å²) in [7, 11) is 1.99. The van der Waals surface area contributed by atoms with E-state index < -0.39 is 11.5 Å². The highest BCUT2D eigenvalue weighted by Crippen LogP contribution is 2.33. The number of rotatable bonds is 7. The Bertz CT molecular complexity index is 349. The van der Waals surface area contributed by atoms with Crippen molar-refractivity contribution in [2.45, 2.75) is 45.1 Å². The summed E-state index contributed by atoms with van der Waals surface area (Å²) in [5, 5.41) is 12.4. The molecule has 0 aromatic carbocycles. The molecule has 1 fully saturated rings. The molecular weight excluding hydrogens is 258 g/mol. The van der Waals surface area contributed by atoms with Gasteiger partial charge in [-0.2, -0.15) is 0 Å². The summed E-state index contributed by atoms with van der Waals surface area (Å²) in [4.78, 5) is 27.5. The van der Waals surface area contributed by atoms with E-state index in [2.05, 4.69) is 17.1 Å². The van der Waals surface area contributed by atoms with Crippen molar-refractivity contribution in [1.82, 2.24) is 15.1 Å². The first kappa shape index (κ1) is 16.8. The molecule has 1 saturated heterocycles. The van der Waals surface area contributed by atoms with E-state index in [1.165, 1.54) is 4.90 Å². The van der Waals surface area contributed by atoms with Crippen LogP contribution >= 0.6 is 0 Å². The molecule has 2 amide bonds. The second-order valence-electron chi connectivity index (χ2n) is 5.47. The summed E-state index contributed by atoms with van der Waals surface area (Å²) in [6.07, 6.45) is 2.59.